The maximum atomic E-state index is 14.8. The van der Waals surface area contributed by atoms with Crippen LogP contribution in [0.25, 0.3) is 0 Å². The van der Waals surface area contributed by atoms with E-state index in [2.05, 4.69) is 4.72 Å². The van der Waals surface area contributed by atoms with Gasteiger partial charge in [0, 0.05) is 27.2 Å². The normalized spacial score (nSPS) is 18.9. The zero-order chi connectivity index (χ0) is 22.4. The second-order valence-corrected chi connectivity index (χ2v) is 13.8. The molecule has 1 N–H and O–H groups in total. The van der Waals surface area contributed by atoms with Crippen LogP contribution in [0.3, 0.4) is 0 Å². The third-order valence-corrected chi connectivity index (χ3v) is 11.6. The van der Waals surface area contributed by atoms with E-state index in [0.717, 1.165) is 17.1 Å². The minimum absolute atomic E-state index is 0.0702. The van der Waals surface area contributed by atoms with Gasteiger partial charge in [0.2, 0.25) is 0 Å². The lowest BCUT2D eigenvalue weighted by atomic mass is 9.63. The van der Waals surface area contributed by atoms with Crippen LogP contribution < -0.4 is 9.62 Å². The largest absolute Gasteiger partial charge is 0.367 e. The molecule has 11 heteroatoms. The second kappa shape index (κ2) is 8.02. The number of hydrogen-bond acceptors (Lipinski definition) is 6. The molecule has 4 rings (SSSR count). The van der Waals surface area contributed by atoms with E-state index in [1.807, 2.05) is 4.90 Å². The molecule has 1 aliphatic heterocycles. The quantitative estimate of drug-likeness (QED) is 0.671. The fourth-order valence-corrected chi connectivity index (χ4v) is 8.26. The third-order valence-electron chi connectivity index (χ3n) is 6.34. The molecule has 1 spiro atoms. The summed E-state index contributed by atoms with van der Waals surface area (Å²) >= 11 is 0.663. The Morgan fingerprint density at radius 1 is 1.00 bits per heavy atom. The van der Waals surface area contributed by atoms with E-state index in [9.17, 15) is 21.2 Å². The first kappa shape index (κ1) is 22.5. The number of thiophene rings is 1. The van der Waals surface area contributed by atoms with E-state index in [0.29, 0.717) is 29.8 Å². The van der Waals surface area contributed by atoms with Gasteiger partial charge in [-0.25, -0.2) is 25.5 Å². The SMILES string of the molecule is CN(C)S(=O)(=O)c1ccc(S(=O)(=O)Nc2cccc(F)c2N2CCC3(CCC3)CC2)s1. The number of piperidine rings is 1. The van der Waals surface area contributed by atoms with E-state index >= 15 is 0 Å². The summed E-state index contributed by atoms with van der Waals surface area (Å²) in [4.78, 5) is 1.91. The number of anilines is 2. The highest BCUT2D eigenvalue weighted by Crippen LogP contribution is 2.50. The molecule has 1 aromatic carbocycles. The molecule has 0 bridgehead atoms. The molecule has 2 fully saturated rings. The van der Waals surface area contributed by atoms with Gasteiger partial charge in [-0.05, 0) is 55.4 Å². The van der Waals surface area contributed by atoms with E-state index in [1.54, 1.807) is 0 Å². The molecule has 0 amide bonds. The average molecular weight is 488 g/mol. The van der Waals surface area contributed by atoms with Crippen molar-refractivity contribution in [3.63, 3.8) is 0 Å². The van der Waals surface area contributed by atoms with Crippen LogP contribution >= 0.6 is 11.3 Å². The lowest BCUT2D eigenvalue weighted by Crippen LogP contribution is -2.44. The van der Waals surface area contributed by atoms with Gasteiger partial charge in [-0.2, -0.15) is 0 Å². The first-order chi connectivity index (χ1) is 14.5. The van der Waals surface area contributed by atoms with Crippen LogP contribution in [-0.4, -0.2) is 48.3 Å². The van der Waals surface area contributed by atoms with Crippen molar-refractivity contribution >= 4 is 42.8 Å². The highest BCUT2D eigenvalue weighted by atomic mass is 32.3. The summed E-state index contributed by atoms with van der Waals surface area (Å²) < 4.78 is 68.6. The third kappa shape index (κ3) is 4.20. The van der Waals surface area contributed by atoms with Crippen LogP contribution in [0.4, 0.5) is 15.8 Å². The van der Waals surface area contributed by atoms with Gasteiger partial charge in [0.05, 0.1) is 11.4 Å². The monoisotopic (exact) mass is 487 g/mol. The van der Waals surface area contributed by atoms with Crippen molar-refractivity contribution in [2.24, 2.45) is 5.41 Å². The van der Waals surface area contributed by atoms with Crippen molar-refractivity contribution in [2.75, 3.05) is 36.8 Å². The Balaban J connectivity index is 1.60. The van der Waals surface area contributed by atoms with E-state index < -0.39 is 25.9 Å². The maximum Gasteiger partial charge on any atom is 0.271 e. The molecule has 170 valence electrons. The number of sulfonamides is 2. The van der Waals surface area contributed by atoms with Crippen LogP contribution in [0.1, 0.15) is 32.1 Å². The fraction of sp³-hybridized carbons (Fsp3) is 0.500. The average Bonchev–Trinajstić information content (AvgIpc) is 3.19. The summed E-state index contributed by atoms with van der Waals surface area (Å²) in [5.41, 5.74) is 0.792. The minimum Gasteiger partial charge on any atom is -0.367 e. The van der Waals surface area contributed by atoms with Gasteiger partial charge in [-0.3, -0.25) is 4.72 Å². The lowest BCUT2D eigenvalue weighted by molar-refractivity contribution is 0.0953. The first-order valence-corrected chi connectivity index (χ1v) is 13.9. The Morgan fingerprint density at radius 2 is 1.65 bits per heavy atom. The zero-order valence-corrected chi connectivity index (χ0v) is 19.9. The number of para-hydroxylation sites is 1. The van der Waals surface area contributed by atoms with Gasteiger partial charge in [0.1, 0.15) is 14.2 Å². The number of benzene rings is 1. The number of rotatable bonds is 6. The summed E-state index contributed by atoms with van der Waals surface area (Å²) in [7, 11) is -5.05. The molecule has 0 radical (unpaired) electrons. The molecule has 0 atom stereocenters. The van der Waals surface area contributed by atoms with Crippen LogP contribution in [-0.2, 0) is 20.0 Å². The molecule has 2 aliphatic rings. The second-order valence-electron chi connectivity index (χ2n) is 8.44. The number of halogens is 1. The maximum absolute atomic E-state index is 14.8. The van der Waals surface area contributed by atoms with Crippen molar-refractivity contribution in [3.05, 3.63) is 36.1 Å². The van der Waals surface area contributed by atoms with Gasteiger partial charge in [0.25, 0.3) is 20.0 Å². The Morgan fingerprint density at radius 3 is 2.23 bits per heavy atom. The summed E-state index contributed by atoms with van der Waals surface area (Å²) in [5.74, 6) is -0.480. The smallest absolute Gasteiger partial charge is 0.271 e. The molecule has 31 heavy (non-hydrogen) atoms. The standard InChI is InChI=1S/C20H26FN3O4S3/c1-23(2)31(27,28)18-8-7-17(29-18)30(25,26)22-16-6-3-5-15(21)19(16)24-13-11-20(12-14-24)9-4-10-20/h3,5-8,22H,4,9-14H2,1-2H3. The Labute approximate surface area is 187 Å². The van der Waals surface area contributed by atoms with Gasteiger partial charge >= 0.3 is 0 Å². The minimum atomic E-state index is -4.08. The molecular weight excluding hydrogens is 461 g/mol. The number of hydrogen-bond donors (Lipinski definition) is 1. The molecule has 2 heterocycles. The number of nitrogens with one attached hydrogen (secondary N) is 1. The van der Waals surface area contributed by atoms with Gasteiger partial charge in [-0.15, -0.1) is 11.3 Å². The Kier molecular flexibility index (Phi) is 5.82. The molecular formula is C20H26FN3O4S3. The fourth-order valence-electron chi connectivity index (χ4n) is 4.26. The van der Waals surface area contributed by atoms with Crippen molar-refractivity contribution in [2.45, 2.75) is 40.5 Å². The van der Waals surface area contributed by atoms with E-state index in [1.165, 1.54) is 63.7 Å². The molecule has 1 saturated heterocycles. The van der Waals surface area contributed by atoms with Crippen LogP contribution in [0.2, 0.25) is 0 Å². The van der Waals surface area contributed by atoms with Gasteiger partial charge in [-0.1, -0.05) is 12.5 Å². The molecule has 2 aromatic rings. The predicted octanol–water partition coefficient (Wildman–Crippen LogP) is 3.71. The van der Waals surface area contributed by atoms with Crippen LogP contribution in [0, 0.1) is 11.2 Å². The van der Waals surface area contributed by atoms with Gasteiger partial charge < -0.3 is 4.90 Å². The summed E-state index contributed by atoms with van der Waals surface area (Å²) in [5, 5.41) is 0. The summed E-state index contributed by atoms with van der Waals surface area (Å²) in [6.45, 7) is 1.36. The van der Waals surface area contributed by atoms with Gasteiger partial charge in [0.15, 0.2) is 0 Å². The van der Waals surface area contributed by atoms with Crippen LogP contribution in [0.5, 0.6) is 0 Å². The highest BCUT2D eigenvalue weighted by Gasteiger charge is 2.40. The summed E-state index contributed by atoms with van der Waals surface area (Å²) in [6.07, 6.45) is 5.63. The molecule has 1 aromatic heterocycles. The zero-order valence-electron chi connectivity index (χ0n) is 17.5. The molecule has 7 nitrogen and oxygen atoms in total. The molecule has 1 aliphatic carbocycles. The van der Waals surface area contributed by atoms with Crippen molar-refractivity contribution < 1.29 is 21.2 Å². The molecule has 1 saturated carbocycles. The van der Waals surface area contributed by atoms with Crippen molar-refractivity contribution in [1.82, 2.24) is 4.31 Å². The number of nitrogens with zero attached hydrogens (tertiary/aromatic N) is 2. The van der Waals surface area contributed by atoms with E-state index in [-0.39, 0.29) is 19.8 Å². The van der Waals surface area contributed by atoms with Crippen molar-refractivity contribution in [3.8, 4) is 0 Å². The summed E-state index contributed by atoms with van der Waals surface area (Å²) in [6, 6.07) is 6.85. The molecule has 0 unspecified atom stereocenters. The first-order valence-electron chi connectivity index (χ1n) is 10.1. The highest BCUT2D eigenvalue weighted by molar-refractivity contribution is 7.96. The Hall–Kier alpha value is -1.69. The topological polar surface area (TPSA) is 86.8 Å². The predicted molar refractivity (Wildman–Crippen MR) is 120 cm³/mol. The van der Waals surface area contributed by atoms with Crippen LogP contribution in [0.15, 0.2) is 38.8 Å². The Bertz CT molecular complexity index is 1180. The van der Waals surface area contributed by atoms with Crippen molar-refractivity contribution in [1.29, 1.82) is 0 Å². The lowest BCUT2D eigenvalue weighted by Gasteiger charge is -2.48. The van der Waals surface area contributed by atoms with E-state index in [4.69, 9.17) is 0 Å².